The number of hydrogen-bond donors (Lipinski definition) is 0. The van der Waals surface area contributed by atoms with E-state index < -0.39 is 0 Å². The number of nitriles is 1. The van der Waals surface area contributed by atoms with Crippen molar-refractivity contribution >= 4 is 183 Å². The van der Waals surface area contributed by atoms with E-state index >= 15 is 0 Å². The van der Waals surface area contributed by atoms with Gasteiger partial charge >= 0.3 is 0 Å². The molecule has 0 aromatic heterocycles. The highest BCUT2D eigenvalue weighted by molar-refractivity contribution is 6.53. The smallest absolute Gasteiger partial charge is 0.0998 e. The number of nitrogens with zero attached hydrogens (tertiary/aromatic N) is 1. The van der Waals surface area contributed by atoms with Gasteiger partial charge in [0.15, 0.2) is 0 Å². The van der Waals surface area contributed by atoms with Gasteiger partial charge in [0.05, 0.1) is 11.6 Å². The molecule has 0 fully saturated rings. The van der Waals surface area contributed by atoms with Gasteiger partial charge < -0.3 is 0 Å². The van der Waals surface area contributed by atoms with Crippen molar-refractivity contribution < 1.29 is 0 Å². The normalized spacial score (nSPS) is 12.8. The predicted octanol–water partition coefficient (Wildman–Crippen LogP) is 24.5. The molecular formula is C87H43N. The van der Waals surface area contributed by atoms with E-state index in [2.05, 4.69) is 261 Å². The van der Waals surface area contributed by atoms with Crippen molar-refractivity contribution in [2.45, 2.75) is 0 Å². The molecule has 0 aliphatic rings. The molecule has 0 spiro atoms. The Morgan fingerprint density at radius 1 is 0.159 bits per heavy atom. The molecular weight excluding hydrogens is 1060 g/mol. The Hall–Kier alpha value is -11.7. The van der Waals surface area contributed by atoms with E-state index in [1.807, 2.05) is 6.07 Å². The molecule has 0 N–H and O–H groups in total. The second kappa shape index (κ2) is 16.0. The van der Waals surface area contributed by atoms with Crippen LogP contribution in [0.2, 0.25) is 0 Å². The fourth-order valence-electron chi connectivity index (χ4n) is 18.0. The Morgan fingerprint density at radius 2 is 0.386 bits per heavy atom. The quantitative estimate of drug-likeness (QED) is 0.127. The molecule has 22 aromatic rings. The van der Waals surface area contributed by atoms with Crippen LogP contribution in [0.3, 0.4) is 0 Å². The summed E-state index contributed by atoms with van der Waals surface area (Å²) < 4.78 is 0. The van der Waals surface area contributed by atoms with E-state index in [1.165, 1.54) is 217 Å². The molecule has 0 saturated heterocycles. The van der Waals surface area contributed by atoms with E-state index in [0.717, 1.165) is 10.8 Å². The lowest BCUT2D eigenvalue weighted by Gasteiger charge is -2.19. The van der Waals surface area contributed by atoms with E-state index in [-0.39, 0.29) is 0 Å². The highest BCUT2D eigenvalue weighted by Crippen LogP contribution is 2.60. The standard InChI is InChI=1S/C87H43N/c88-44-50-30-31-63-73-51(50)26-15-29-62(73)82-71(48-20-9-3-10-21-48)86-66-42-38-58-54-34-32-52-56-36-40-64-78-65(85-70(47-18-7-2-8-19-47)81-61-28-14-25-45-24-13-27-60(68(45)61)80(81)69(84(64)85)46-16-5-1-6-17-46)41-37-57(76(56)78)53-33-35-55(75(54)74(52)53)59-39-43-67(79(66)77(58)59)87(86)72(83(63)82)49-22-11-4-12-23-49/h1-43H. The first-order chi connectivity index (χ1) is 43.7. The first kappa shape index (κ1) is 45.7. The lowest BCUT2D eigenvalue weighted by Crippen LogP contribution is -1.91. The molecule has 0 atom stereocenters. The second-order valence-electron chi connectivity index (χ2n) is 24.9. The molecule has 0 aliphatic carbocycles. The van der Waals surface area contributed by atoms with Crippen LogP contribution in [-0.2, 0) is 0 Å². The molecule has 0 aliphatic heterocycles. The number of benzene rings is 18. The third kappa shape index (κ3) is 5.27. The maximum atomic E-state index is 10.5. The minimum Gasteiger partial charge on any atom is -0.192 e. The summed E-state index contributed by atoms with van der Waals surface area (Å²) in [5, 5.41) is 54.2. The first-order valence-electron chi connectivity index (χ1n) is 30.7. The predicted molar refractivity (Wildman–Crippen MR) is 378 cm³/mol. The lowest BCUT2D eigenvalue weighted by molar-refractivity contribution is 1.51. The molecule has 0 radical (unpaired) electrons. The van der Waals surface area contributed by atoms with Gasteiger partial charge in [-0.1, -0.05) is 255 Å². The van der Waals surface area contributed by atoms with Gasteiger partial charge in [0.2, 0.25) is 0 Å². The monoisotopic (exact) mass is 1100 g/mol. The molecule has 0 amide bonds. The SMILES string of the molecule is N#Cc1ccc2c3c(-c4ccccc4)c4c5ccc6c7ccc8c9ccc%10c%11c(-c%12ccccc%12)c%12c%13cccc%14cccc(c%12c(-c%12ccccc%12)c%11c%11ccc(c%12ccc(c%15ccc(c4c(-c4ccccc4)c3c3cccc1c32)c5c%156)c7c%128)c9c%11%10)c%14%13. The zero-order valence-corrected chi connectivity index (χ0v) is 47.3. The Morgan fingerprint density at radius 3 is 0.693 bits per heavy atom. The summed E-state index contributed by atoms with van der Waals surface area (Å²) in [7, 11) is 0. The van der Waals surface area contributed by atoms with Crippen LogP contribution >= 0.6 is 0 Å². The summed E-state index contributed by atoms with van der Waals surface area (Å²) in [6.07, 6.45) is 0. The number of fused-ring (bicyclic) bond motifs is 16. The Kier molecular flexibility index (Phi) is 8.30. The zero-order valence-electron chi connectivity index (χ0n) is 47.3. The van der Waals surface area contributed by atoms with Crippen LogP contribution in [0.1, 0.15) is 5.56 Å². The van der Waals surface area contributed by atoms with Gasteiger partial charge in [-0.3, -0.25) is 0 Å². The van der Waals surface area contributed by atoms with Gasteiger partial charge in [-0.05, 0) is 228 Å². The van der Waals surface area contributed by atoms with Gasteiger partial charge in [0.1, 0.15) is 0 Å². The Labute approximate surface area is 502 Å². The summed E-state index contributed by atoms with van der Waals surface area (Å²) in [6, 6.07) is 101. The van der Waals surface area contributed by atoms with E-state index in [9.17, 15) is 5.26 Å². The first-order valence-corrected chi connectivity index (χ1v) is 30.7. The van der Waals surface area contributed by atoms with E-state index in [1.54, 1.807) is 0 Å². The van der Waals surface area contributed by atoms with Gasteiger partial charge in [-0.25, -0.2) is 0 Å². The van der Waals surface area contributed by atoms with Gasteiger partial charge in [-0.2, -0.15) is 5.26 Å². The van der Waals surface area contributed by atoms with Crippen LogP contribution in [0, 0.1) is 11.3 Å². The number of rotatable bonds is 4. The van der Waals surface area contributed by atoms with Crippen LogP contribution in [0.15, 0.2) is 261 Å². The van der Waals surface area contributed by atoms with Crippen molar-refractivity contribution in [3.8, 4) is 50.6 Å². The Balaban J connectivity index is 0.878. The average Bonchev–Trinajstić information content (AvgIpc) is 1.54. The maximum absolute atomic E-state index is 10.5. The highest BCUT2D eigenvalue weighted by atomic mass is 14.3. The molecule has 396 valence electrons. The second-order valence-corrected chi connectivity index (χ2v) is 24.9. The van der Waals surface area contributed by atoms with Crippen molar-refractivity contribution in [2.75, 3.05) is 0 Å². The average molecular weight is 1100 g/mol. The Bertz CT molecular complexity index is 6500. The summed E-state index contributed by atoms with van der Waals surface area (Å²) in [6.45, 7) is 0. The van der Waals surface area contributed by atoms with Crippen LogP contribution in [0.5, 0.6) is 0 Å². The molecule has 0 unspecified atom stereocenters. The maximum Gasteiger partial charge on any atom is 0.0998 e. The molecule has 1 nitrogen and oxygen atoms in total. The van der Waals surface area contributed by atoms with Crippen molar-refractivity contribution in [3.05, 3.63) is 266 Å². The van der Waals surface area contributed by atoms with Gasteiger partial charge in [0.25, 0.3) is 0 Å². The zero-order chi connectivity index (χ0) is 56.9. The minimum absolute atomic E-state index is 0.706. The van der Waals surface area contributed by atoms with Crippen molar-refractivity contribution in [1.82, 2.24) is 0 Å². The van der Waals surface area contributed by atoms with Gasteiger partial charge in [0, 0.05) is 5.39 Å². The topological polar surface area (TPSA) is 23.8 Å². The number of hydrogen-bond acceptors (Lipinski definition) is 1. The van der Waals surface area contributed by atoms with Crippen LogP contribution in [-0.4, -0.2) is 0 Å². The summed E-state index contributed by atoms with van der Waals surface area (Å²) in [4.78, 5) is 0. The van der Waals surface area contributed by atoms with Crippen molar-refractivity contribution in [2.24, 2.45) is 0 Å². The molecule has 0 saturated carbocycles. The van der Waals surface area contributed by atoms with E-state index in [4.69, 9.17) is 0 Å². The largest absolute Gasteiger partial charge is 0.192 e. The fourth-order valence-corrected chi connectivity index (χ4v) is 18.0. The molecule has 88 heavy (non-hydrogen) atoms. The minimum atomic E-state index is 0.706. The highest BCUT2D eigenvalue weighted by Gasteiger charge is 2.32. The van der Waals surface area contributed by atoms with Crippen molar-refractivity contribution in [3.63, 3.8) is 0 Å². The van der Waals surface area contributed by atoms with Crippen LogP contribution < -0.4 is 0 Å². The van der Waals surface area contributed by atoms with Crippen LogP contribution in [0.4, 0.5) is 0 Å². The molecule has 0 heterocycles. The molecule has 0 bridgehead atoms. The van der Waals surface area contributed by atoms with Crippen molar-refractivity contribution in [1.29, 1.82) is 5.26 Å². The summed E-state index contributed by atoms with van der Waals surface area (Å²) in [5.74, 6) is 0. The third-order valence-corrected chi connectivity index (χ3v) is 21.1. The summed E-state index contributed by atoms with van der Waals surface area (Å²) in [5.41, 5.74) is 10.7. The molecule has 22 rings (SSSR count). The lowest BCUT2D eigenvalue weighted by atomic mass is 9.83. The summed E-state index contributed by atoms with van der Waals surface area (Å²) >= 11 is 0. The molecule has 1 heteroatoms. The fraction of sp³-hybridized carbons (Fsp3) is 0. The molecule has 22 aromatic carbocycles. The van der Waals surface area contributed by atoms with E-state index in [0.29, 0.717) is 5.56 Å². The van der Waals surface area contributed by atoms with Gasteiger partial charge in [-0.15, -0.1) is 0 Å². The van der Waals surface area contributed by atoms with Crippen LogP contribution in [0.25, 0.3) is 228 Å². The third-order valence-electron chi connectivity index (χ3n) is 21.1.